The Morgan fingerprint density at radius 1 is 1.12 bits per heavy atom. The number of hydrogen-bond donors (Lipinski definition) is 2. The Balaban J connectivity index is 1.67. The quantitative estimate of drug-likeness (QED) is 0.522. The number of nitrogens with zero attached hydrogens (tertiary/aromatic N) is 2. The molecule has 1 unspecified atom stereocenters. The maximum Gasteiger partial charge on any atom is 0.188 e. The molecule has 1 aromatic rings. The molecule has 0 bridgehead atoms. The second-order valence-electron chi connectivity index (χ2n) is 6.26. The van der Waals surface area contributed by atoms with Gasteiger partial charge in [0.2, 0.25) is 0 Å². The summed E-state index contributed by atoms with van der Waals surface area (Å²) in [4.78, 5) is 4.24. The van der Waals surface area contributed by atoms with Gasteiger partial charge in [0.1, 0.15) is 12.7 Å². The fraction of sp³-hybridized carbons (Fsp3) is 0.562. The largest absolute Gasteiger partial charge is 0.485 e. The van der Waals surface area contributed by atoms with Crippen molar-refractivity contribution in [3.63, 3.8) is 0 Å². The number of rotatable bonds is 2. The molecule has 24 heavy (non-hydrogen) atoms. The lowest BCUT2D eigenvalue weighted by atomic mass is 10.1. The van der Waals surface area contributed by atoms with Gasteiger partial charge in [0, 0.05) is 52.8 Å². The van der Waals surface area contributed by atoms with Gasteiger partial charge in [-0.05, 0) is 45.7 Å². The third-order valence-corrected chi connectivity index (χ3v) is 7.13. The first-order valence-electron chi connectivity index (χ1n) is 7.97. The molecule has 2 aliphatic heterocycles. The van der Waals surface area contributed by atoms with Crippen LogP contribution in [0.25, 0.3) is 0 Å². The number of benzene rings is 1. The Bertz CT molecular complexity index is 660. The van der Waals surface area contributed by atoms with Crippen LogP contribution in [0.3, 0.4) is 0 Å². The monoisotopic (exact) mass is 460 g/mol. The molecular formula is C16H22Br2N4O2. The highest BCUT2D eigenvalue weighted by Crippen LogP contribution is 2.46. The average molecular weight is 462 g/mol. The average Bonchev–Trinajstić information content (AvgIpc) is 2.58. The summed E-state index contributed by atoms with van der Waals surface area (Å²) in [5.41, 5.74) is 7.65. The number of guanidine groups is 1. The minimum absolute atomic E-state index is 0.00699. The van der Waals surface area contributed by atoms with Gasteiger partial charge in [-0.3, -0.25) is 10.3 Å². The molecule has 3 N–H and O–H groups in total. The molecule has 1 saturated heterocycles. The third-order valence-electron chi connectivity index (χ3n) is 4.61. The van der Waals surface area contributed by atoms with E-state index in [1.807, 2.05) is 18.7 Å². The van der Waals surface area contributed by atoms with Crippen LogP contribution in [0.15, 0.2) is 8.95 Å². The summed E-state index contributed by atoms with van der Waals surface area (Å²) in [7, 11) is 0. The van der Waals surface area contributed by atoms with Gasteiger partial charge in [0.25, 0.3) is 0 Å². The van der Waals surface area contributed by atoms with E-state index in [-0.39, 0.29) is 12.1 Å². The molecule has 1 atom stereocenters. The van der Waals surface area contributed by atoms with Gasteiger partial charge < -0.3 is 20.1 Å². The van der Waals surface area contributed by atoms with Crippen molar-refractivity contribution in [2.45, 2.75) is 20.0 Å². The minimum Gasteiger partial charge on any atom is -0.485 e. The zero-order valence-corrected chi connectivity index (χ0v) is 17.0. The van der Waals surface area contributed by atoms with Crippen molar-refractivity contribution in [2.75, 3.05) is 39.3 Å². The van der Waals surface area contributed by atoms with E-state index >= 15 is 0 Å². The van der Waals surface area contributed by atoms with Crippen molar-refractivity contribution < 1.29 is 9.47 Å². The van der Waals surface area contributed by atoms with E-state index in [1.54, 1.807) is 0 Å². The lowest BCUT2D eigenvalue weighted by Crippen LogP contribution is -2.53. The second kappa shape index (κ2) is 7.09. The van der Waals surface area contributed by atoms with Crippen LogP contribution in [0.4, 0.5) is 0 Å². The van der Waals surface area contributed by atoms with E-state index in [0.29, 0.717) is 6.61 Å². The summed E-state index contributed by atoms with van der Waals surface area (Å²) in [5, 5.41) is 7.50. The molecule has 0 saturated carbocycles. The Kier molecular flexibility index (Phi) is 5.27. The highest BCUT2D eigenvalue weighted by atomic mass is 79.9. The van der Waals surface area contributed by atoms with Gasteiger partial charge in [0.15, 0.2) is 17.5 Å². The molecule has 1 aromatic carbocycles. The van der Waals surface area contributed by atoms with E-state index < -0.39 is 0 Å². The molecule has 132 valence electrons. The third kappa shape index (κ3) is 3.36. The summed E-state index contributed by atoms with van der Waals surface area (Å²) < 4.78 is 14.3. The van der Waals surface area contributed by atoms with E-state index in [0.717, 1.165) is 64.3 Å². The molecular weight excluding hydrogens is 440 g/mol. The van der Waals surface area contributed by atoms with Crippen LogP contribution < -0.4 is 15.2 Å². The molecule has 2 aliphatic rings. The molecule has 3 rings (SSSR count). The maximum absolute atomic E-state index is 7.50. The van der Waals surface area contributed by atoms with Crippen molar-refractivity contribution in [1.29, 1.82) is 5.41 Å². The molecule has 2 heterocycles. The standard InChI is InChI=1S/C16H22Br2N4O2/c1-9-12(17)13(18)10(2)15-14(9)23-8-11(24-15)7-21-3-5-22(6-4-21)16(19)20/h11H,3-8H2,1-2H3,(H3,19,20). The van der Waals surface area contributed by atoms with Gasteiger partial charge >= 0.3 is 0 Å². The van der Waals surface area contributed by atoms with Crippen LogP contribution in [-0.2, 0) is 0 Å². The van der Waals surface area contributed by atoms with Crippen molar-refractivity contribution in [2.24, 2.45) is 5.73 Å². The number of fused-ring (bicyclic) bond motifs is 1. The van der Waals surface area contributed by atoms with E-state index in [4.69, 9.17) is 20.6 Å². The first-order valence-corrected chi connectivity index (χ1v) is 9.56. The normalized spacial score (nSPS) is 21.0. The molecule has 0 spiro atoms. The molecule has 0 amide bonds. The minimum atomic E-state index is 0.00699. The van der Waals surface area contributed by atoms with Crippen molar-refractivity contribution in [3.8, 4) is 11.5 Å². The van der Waals surface area contributed by atoms with Crippen molar-refractivity contribution >= 4 is 37.8 Å². The molecule has 1 fully saturated rings. The molecule has 6 nitrogen and oxygen atoms in total. The van der Waals surface area contributed by atoms with Crippen LogP contribution in [0, 0.1) is 19.3 Å². The van der Waals surface area contributed by atoms with Crippen molar-refractivity contribution in [3.05, 3.63) is 20.1 Å². The number of nitrogens with one attached hydrogen (secondary N) is 1. The molecule has 0 aromatic heterocycles. The summed E-state index contributed by atoms with van der Waals surface area (Å²) in [6.07, 6.45) is 0.00699. The first kappa shape index (κ1) is 17.8. The smallest absolute Gasteiger partial charge is 0.188 e. The Hall–Kier alpha value is -0.990. The number of hydrogen-bond acceptors (Lipinski definition) is 4. The van der Waals surface area contributed by atoms with E-state index in [1.165, 1.54) is 0 Å². The lowest BCUT2D eigenvalue weighted by molar-refractivity contribution is 0.0469. The Morgan fingerprint density at radius 3 is 2.29 bits per heavy atom. The van der Waals surface area contributed by atoms with Gasteiger partial charge in [-0.2, -0.15) is 0 Å². The first-order chi connectivity index (χ1) is 11.4. The molecule has 8 heteroatoms. The van der Waals surface area contributed by atoms with Gasteiger partial charge in [-0.25, -0.2) is 0 Å². The second-order valence-corrected chi connectivity index (χ2v) is 7.85. The predicted octanol–water partition coefficient (Wildman–Crippen LogP) is 2.48. The Morgan fingerprint density at radius 2 is 1.71 bits per heavy atom. The summed E-state index contributed by atoms with van der Waals surface area (Å²) >= 11 is 7.22. The zero-order valence-electron chi connectivity index (χ0n) is 13.9. The number of ether oxygens (including phenoxy) is 2. The van der Waals surface area contributed by atoms with Gasteiger partial charge in [0.05, 0.1) is 0 Å². The Labute approximate surface area is 159 Å². The summed E-state index contributed by atoms with van der Waals surface area (Å²) in [5.74, 6) is 1.82. The summed E-state index contributed by atoms with van der Waals surface area (Å²) in [6.45, 7) is 8.77. The molecule has 0 aliphatic carbocycles. The van der Waals surface area contributed by atoms with Crippen LogP contribution in [0.1, 0.15) is 11.1 Å². The lowest BCUT2D eigenvalue weighted by Gasteiger charge is -2.38. The number of halogens is 2. The highest BCUT2D eigenvalue weighted by Gasteiger charge is 2.29. The van der Waals surface area contributed by atoms with Gasteiger partial charge in [-0.1, -0.05) is 0 Å². The number of piperazine rings is 1. The van der Waals surface area contributed by atoms with Crippen LogP contribution in [0.2, 0.25) is 0 Å². The van der Waals surface area contributed by atoms with Crippen LogP contribution in [0.5, 0.6) is 11.5 Å². The van der Waals surface area contributed by atoms with E-state index in [9.17, 15) is 0 Å². The van der Waals surface area contributed by atoms with Gasteiger partial charge in [-0.15, -0.1) is 0 Å². The zero-order chi connectivity index (χ0) is 17.4. The molecule has 0 radical (unpaired) electrons. The van der Waals surface area contributed by atoms with E-state index in [2.05, 4.69) is 36.8 Å². The van der Waals surface area contributed by atoms with Crippen LogP contribution >= 0.6 is 31.9 Å². The van der Waals surface area contributed by atoms with Crippen molar-refractivity contribution in [1.82, 2.24) is 9.80 Å². The highest BCUT2D eigenvalue weighted by molar-refractivity contribution is 9.13. The SMILES string of the molecule is Cc1c(Br)c(Br)c(C)c2c1OCC(CN1CCN(C(=N)N)CC1)O2. The van der Waals surface area contributed by atoms with Crippen LogP contribution in [-0.4, -0.2) is 61.2 Å². The fourth-order valence-electron chi connectivity index (χ4n) is 3.11. The summed E-state index contributed by atoms with van der Waals surface area (Å²) in [6, 6.07) is 0. The predicted molar refractivity (Wildman–Crippen MR) is 101 cm³/mol. The maximum atomic E-state index is 7.50. The topological polar surface area (TPSA) is 74.8 Å². The number of nitrogens with two attached hydrogens (primary N) is 1. The fourth-order valence-corrected chi connectivity index (χ4v) is 4.07.